The Morgan fingerprint density at radius 1 is 1.22 bits per heavy atom. The summed E-state index contributed by atoms with van der Waals surface area (Å²) >= 11 is 0. The van der Waals surface area contributed by atoms with Gasteiger partial charge in [0.1, 0.15) is 11.5 Å². The second-order valence-corrected chi connectivity index (χ2v) is 4.16. The van der Waals surface area contributed by atoms with Crippen LogP contribution in [-0.2, 0) is 4.74 Å². The van der Waals surface area contributed by atoms with E-state index in [9.17, 15) is 18.3 Å². The Morgan fingerprint density at radius 2 is 1.78 bits per heavy atom. The Morgan fingerprint density at radius 3 is 2.28 bits per heavy atom. The molecule has 0 amide bonds. The molecule has 0 bridgehead atoms. The van der Waals surface area contributed by atoms with Gasteiger partial charge in [-0.05, 0) is 13.8 Å². The van der Waals surface area contributed by atoms with Gasteiger partial charge in [0, 0.05) is 18.7 Å². The average Bonchev–Trinajstić information content (AvgIpc) is 2.24. The molecule has 6 heteroatoms. The van der Waals surface area contributed by atoms with Crippen LogP contribution in [0, 0.1) is 17.5 Å². The van der Waals surface area contributed by atoms with Crippen molar-refractivity contribution in [1.82, 2.24) is 0 Å². The lowest BCUT2D eigenvalue weighted by atomic mass is 10.2. The molecule has 1 unspecified atom stereocenters. The van der Waals surface area contributed by atoms with Crippen LogP contribution >= 0.6 is 0 Å². The topological polar surface area (TPSA) is 41.5 Å². The van der Waals surface area contributed by atoms with E-state index >= 15 is 0 Å². The van der Waals surface area contributed by atoms with Gasteiger partial charge in [0.15, 0.2) is 11.6 Å². The minimum absolute atomic E-state index is 0.0426. The molecule has 1 rings (SSSR count). The first kappa shape index (κ1) is 14.8. The molecule has 0 aliphatic carbocycles. The molecule has 102 valence electrons. The van der Waals surface area contributed by atoms with Gasteiger partial charge in [0.25, 0.3) is 0 Å². The third-order valence-corrected chi connectivity index (χ3v) is 2.14. The third-order valence-electron chi connectivity index (χ3n) is 2.14. The number of hydrogen-bond acceptors (Lipinski definition) is 3. The van der Waals surface area contributed by atoms with Gasteiger partial charge in [-0.3, -0.25) is 0 Å². The number of hydrogen-bond donors (Lipinski definition) is 2. The zero-order valence-electron chi connectivity index (χ0n) is 10.2. The number of aliphatic hydroxyl groups excluding tert-OH is 1. The highest BCUT2D eigenvalue weighted by Crippen LogP contribution is 2.19. The predicted octanol–water partition coefficient (Wildman–Crippen LogP) is 2.30. The number of ether oxygens (including phenoxy) is 1. The standard InChI is InChI=1S/C12H16F3NO2/c1-7(2)18-6-9(17)5-16-12-10(14)3-8(13)4-11(12)15/h3-4,7,9,16-17H,5-6H2,1-2H3. The van der Waals surface area contributed by atoms with Crippen LogP contribution in [0.5, 0.6) is 0 Å². The van der Waals surface area contributed by atoms with Gasteiger partial charge in [-0.15, -0.1) is 0 Å². The Balaban J connectivity index is 2.53. The molecule has 1 aromatic rings. The summed E-state index contributed by atoms with van der Waals surface area (Å²) in [6.07, 6.45) is -0.949. The minimum Gasteiger partial charge on any atom is -0.389 e. The van der Waals surface area contributed by atoms with E-state index in [0.29, 0.717) is 12.1 Å². The van der Waals surface area contributed by atoms with Crippen LogP contribution in [-0.4, -0.2) is 30.5 Å². The normalized spacial score (nSPS) is 12.8. The monoisotopic (exact) mass is 263 g/mol. The molecule has 0 spiro atoms. The molecule has 3 nitrogen and oxygen atoms in total. The van der Waals surface area contributed by atoms with Crippen molar-refractivity contribution >= 4 is 5.69 Å². The van der Waals surface area contributed by atoms with Crippen LogP contribution in [0.2, 0.25) is 0 Å². The lowest BCUT2D eigenvalue weighted by Gasteiger charge is -2.15. The van der Waals surface area contributed by atoms with E-state index in [1.165, 1.54) is 0 Å². The maximum atomic E-state index is 13.2. The van der Waals surface area contributed by atoms with Crippen LogP contribution in [0.3, 0.4) is 0 Å². The first-order chi connectivity index (χ1) is 8.40. The number of nitrogens with one attached hydrogen (secondary N) is 1. The Kier molecular flexibility index (Phi) is 5.43. The largest absolute Gasteiger partial charge is 0.389 e. The van der Waals surface area contributed by atoms with Crippen molar-refractivity contribution in [2.24, 2.45) is 0 Å². The fourth-order valence-corrected chi connectivity index (χ4v) is 1.29. The smallest absolute Gasteiger partial charge is 0.152 e. The number of anilines is 1. The van der Waals surface area contributed by atoms with Gasteiger partial charge in [0.05, 0.1) is 18.8 Å². The highest BCUT2D eigenvalue weighted by molar-refractivity contribution is 5.46. The summed E-state index contributed by atoms with van der Waals surface area (Å²) in [5.74, 6) is -3.06. The van der Waals surface area contributed by atoms with Crippen molar-refractivity contribution in [3.05, 3.63) is 29.6 Å². The fourth-order valence-electron chi connectivity index (χ4n) is 1.29. The summed E-state index contributed by atoms with van der Waals surface area (Å²) < 4.78 is 44.2. The highest BCUT2D eigenvalue weighted by atomic mass is 19.1. The molecule has 1 atom stereocenters. The number of benzene rings is 1. The highest BCUT2D eigenvalue weighted by Gasteiger charge is 2.13. The molecule has 0 saturated carbocycles. The first-order valence-corrected chi connectivity index (χ1v) is 5.58. The van der Waals surface area contributed by atoms with Crippen LogP contribution in [0.25, 0.3) is 0 Å². The summed E-state index contributed by atoms with van der Waals surface area (Å²) in [5.41, 5.74) is -0.458. The van der Waals surface area contributed by atoms with Gasteiger partial charge in [-0.1, -0.05) is 0 Å². The van der Waals surface area contributed by atoms with Crippen molar-refractivity contribution in [1.29, 1.82) is 0 Å². The molecule has 0 aromatic heterocycles. The third kappa shape index (κ3) is 4.54. The molecular formula is C12H16F3NO2. The van der Waals surface area contributed by atoms with Gasteiger partial charge in [0.2, 0.25) is 0 Å². The van der Waals surface area contributed by atoms with Crippen molar-refractivity contribution in [2.75, 3.05) is 18.5 Å². The van der Waals surface area contributed by atoms with E-state index in [1.807, 2.05) is 0 Å². The number of aliphatic hydroxyl groups is 1. The first-order valence-electron chi connectivity index (χ1n) is 5.58. The lowest BCUT2D eigenvalue weighted by molar-refractivity contribution is 0.0111. The predicted molar refractivity (Wildman–Crippen MR) is 61.9 cm³/mol. The summed E-state index contributed by atoms with van der Waals surface area (Å²) in [6.45, 7) is 3.57. The van der Waals surface area contributed by atoms with E-state index in [1.54, 1.807) is 13.8 Å². The van der Waals surface area contributed by atoms with Crippen LogP contribution in [0.1, 0.15) is 13.8 Å². The summed E-state index contributed by atoms with van der Waals surface area (Å²) in [6, 6.07) is 1.14. The minimum atomic E-state index is -1.04. The van der Waals surface area contributed by atoms with Crippen LogP contribution in [0.15, 0.2) is 12.1 Å². The second kappa shape index (κ2) is 6.61. The Hall–Kier alpha value is -1.27. The second-order valence-electron chi connectivity index (χ2n) is 4.16. The van der Waals surface area contributed by atoms with E-state index in [-0.39, 0.29) is 19.3 Å². The number of halogens is 3. The molecule has 0 radical (unpaired) electrons. The lowest BCUT2D eigenvalue weighted by Crippen LogP contribution is -2.27. The molecule has 0 heterocycles. The van der Waals surface area contributed by atoms with Gasteiger partial charge in [-0.25, -0.2) is 13.2 Å². The summed E-state index contributed by atoms with van der Waals surface area (Å²) in [4.78, 5) is 0. The molecule has 18 heavy (non-hydrogen) atoms. The molecule has 0 aliphatic heterocycles. The van der Waals surface area contributed by atoms with Gasteiger partial charge < -0.3 is 15.2 Å². The molecule has 0 saturated heterocycles. The Labute approximate surface area is 104 Å². The SMILES string of the molecule is CC(C)OCC(O)CNc1c(F)cc(F)cc1F. The molecule has 0 aliphatic rings. The number of rotatable bonds is 6. The molecular weight excluding hydrogens is 247 g/mol. The van der Waals surface area contributed by atoms with E-state index in [0.717, 1.165) is 0 Å². The average molecular weight is 263 g/mol. The van der Waals surface area contributed by atoms with Crippen LogP contribution in [0.4, 0.5) is 18.9 Å². The fraction of sp³-hybridized carbons (Fsp3) is 0.500. The Bertz CT molecular complexity index is 376. The zero-order chi connectivity index (χ0) is 13.7. The quantitative estimate of drug-likeness (QED) is 0.827. The molecule has 1 aromatic carbocycles. The van der Waals surface area contributed by atoms with Crippen LogP contribution < -0.4 is 5.32 Å². The van der Waals surface area contributed by atoms with Crippen molar-refractivity contribution < 1.29 is 23.0 Å². The van der Waals surface area contributed by atoms with Gasteiger partial charge >= 0.3 is 0 Å². The van der Waals surface area contributed by atoms with Crippen molar-refractivity contribution in [2.45, 2.75) is 26.1 Å². The van der Waals surface area contributed by atoms with E-state index < -0.39 is 29.2 Å². The summed E-state index contributed by atoms with van der Waals surface area (Å²) in [7, 11) is 0. The maximum absolute atomic E-state index is 13.2. The zero-order valence-corrected chi connectivity index (χ0v) is 10.2. The van der Waals surface area contributed by atoms with Gasteiger partial charge in [-0.2, -0.15) is 0 Å². The molecule has 2 N–H and O–H groups in total. The van der Waals surface area contributed by atoms with E-state index in [2.05, 4.69) is 5.32 Å². The summed E-state index contributed by atoms with van der Waals surface area (Å²) in [5, 5.41) is 11.9. The van der Waals surface area contributed by atoms with Crippen molar-refractivity contribution in [3.63, 3.8) is 0 Å². The van der Waals surface area contributed by atoms with Crippen molar-refractivity contribution in [3.8, 4) is 0 Å². The van der Waals surface area contributed by atoms with E-state index in [4.69, 9.17) is 4.74 Å². The molecule has 0 fully saturated rings. The maximum Gasteiger partial charge on any atom is 0.152 e.